The molecule has 0 atom stereocenters. The van der Waals surface area contributed by atoms with Gasteiger partial charge < -0.3 is 4.74 Å². The molecule has 1 aliphatic rings. The molecule has 0 N–H and O–H groups in total. The van der Waals surface area contributed by atoms with Crippen molar-refractivity contribution in [3.05, 3.63) is 41.5 Å². The number of ether oxygens (including phenoxy) is 1. The fourth-order valence-electron chi connectivity index (χ4n) is 3.57. The third-order valence-corrected chi connectivity index (χ3v) is 4.83. The molecule has 2 nitrogen and oxygen atoms in total. The van der Waals surface area contributed by atoms with Crippen molar-refractivity contribution in [1.29, 1.82) is 0 Å². The second kappa shape index (κ2) is 6.51. The summed E-state index contributed by atoms with van der Waals surface area (Å²) in [7, 11) is 0. The predicted octanol–water partition coefficient (Wildman–Crippen LogP) is 5.31. The van der Waals surface area contributed by atoms with E-state index in [-0.39, 0.29) is 5.78 Å². The van der Waals surface area contributed by atoms with Gasteiger partial charge in [-0.25, -0.2) is 0 Å². The SMILES string of the molecule is CC(=O)c1cc(C)c2ccccc2c1OCCC1CCCC1. The highest BCUT2D eigenvalue weighted by atomic mass is 16.5. The van der Waals surface area contributed by atoms with E-state index in [1.54, 1.807) is 6.92 Å². The molecule has 116 valence electrons. The molecule has 1 fully saturated rings. The zero-order chi connectivity index (χ0) is 15.5. The molecule has 3 rings (SSSR count). The first kappa shape index (κ1) is 15.1. The number of hydrogen-bond acceptors (Lipinski definition) is 2. The van der Waals surface area contributed by atoms with Crippen LogP contribution in [0.5, 0.6) is 5.75 Å². The second-order valence-corrected chi connectivity index (χ2v) is 6.46. The first-order valence-electron chi connectivity index (χ1n) is 8.33. The number of carbonyl (C=O) groups is 1. The molecule has 0 spiro atoms. The zero-order valence-corrected chi connectivity index (χ0v) is 13.5. The summed E-state index contributed by atoms with van der Waals surface area (Å²) in [4.78, 5) is 12.0. The Morgan fingerprint density at radius 3 is 2.55 bits per heavy atom. The topological polar surface area (TPSA) is 26.3 Å². The highest BCUT2D eigenvalue weighted by Gasteiger charge is 2.17. The van der Waals surface area contributed by atoms with E-state index in [9.17, 15) is 4.79 Å². The molecule has 22 heavy (non-hydrogen) atoms. The van der Waals surface area contributed by atoms with E-state index in [0.717, 1.165) is 29.0 Å². The third kappa shape index (κ3) is 3.01. The average molecular weight is 296 g/mol. The van der Waals surface area contributed by atoms with E-state index in [1.807, 2.05) is 18.2 Å². The molecule has 0 radical (unpaired) electrons. The van der Waals surface area contributed by atoms with E-state index < -0.39 is 0 Å². The summed E-state index contributed by atoms with van der Waals surface area (Å²) in [5, 5.41) is 2.22. The molecule has 0 aromatic heterocycles. The van der Waals surface area contributed by atoms with Gasteiger partial charge in [-0.1, -0.05) is 49.9 Å². The molecule has 0 amide bonds. The lowest BCUT2D eigenvalue weighted by Gasteiger charge is -2.16. The Kier molecular flexibility index (Phi) is 4.47. The first-order valence-corrected chi connectivity index (χ1v) is 8.33. The lowest BCUT2D eigenvalue weighted by atomic mass is 9.98. The Hall–Kier alpha value is -1.83. The number of fused-ring (bicyclic) bond motifs is 1. The Balaban J connectivity index is 1.89. The van der Waals surface area contributed by atoms with Gasteiger partial charge in [0.25, 0.3) is 0 Å². The van der Waals surface area contributed by atoms with Gasteiger partial charge in [-0.05, 0) is 43.2 Å². The summed E-state index contributed by atoms with van der Waals surface area (Å²) in [6.45, 7) is 4.38. The maximum atomic E-state index is 12.0. The number of ketones is 1. The van der Waals surface area contributed by atoms with Gasteiger partial charge >= 0.3 is 0 Å². The van der Waals surface area contributed by atoms with Crippen molar-refractivity contribution in [3.8, 4) is 5.75 Å². The van der Waals surface area contributed by atoms with Gasteiger partial charge in [0.2, 0.25) is 0 Å². The van der Waals surface area contributed by atoms with E-state index in [0.29, 0.717) is 12.2 Å². The van der Waals surface area contributed by atoms with Crippen molar-refractivity contribution in [1.82, 2.24) is 0 Å². The van der Waals surface area contributed by atoms with Gasteiger partial charge in [-0.15, -0.1) is 0 Å². The van der Waals surface area contributed by atoms with Crippen LogP contribution in [0.25, 0.3) is 10.8 Å². The Morgan fingerprint density at radius 2 is 1.86 bits per heavy atom. The quantitative estimate of drug-likeness (QED) is 0.699. The van der Waals surface area contributed by atoms with Gasteiger partial charge in [-0.3, -0.25) is 4.79 Å². The number of aryl methyl sites for hydroxylation is 1. The standard InChI is InChI=1S/C20H24O2/c1-14-13-19(15(2)21)20(18-10-6-5-9-17(14)18)22-12-11-16-7-3-4-8-16/h5-6,9-10,13,16H,3-4,7-8,11-12H2,1-2H3. The number of hydrogen-bond donors (Lipinski definition) is 0. The lowest BCUT2D eigenvalue weighted by Crippen LogP contribution is -2.07. The van der Waals surface area contributed by atoms with Crippen molar-refractivity contribution in [2.24, 2.45) is 5.92 Å². The molecule has 0 heterocycles. The molecule has 2 aromatic rings. The molecule has 0 bridgehead atoms. The van der Waals surface area contributed by atoms with Crippen LogP contribution in [0.1, 0.15) is 54.9 Å². The number of Topliss-reactive ketones (excluding diaryl/α,β-unsaturated/α-hetero) is 1. The monoisotopic (exact) mass is 296 g/mol. The fourth-order valence-corrected chi connectivity index (χ4v) is 3.57. The van der Waals surface area contributed by atoms with Gasteiger partial charge in [0, 0.05) is 5.39 Å². The number of carbonyl (C=O) groups excluding carboxylic acids is 1. The van der Waals surface area contributed by atoms with E-state index in [4.69, 9.17) is 4.74 Å². The molecule has 0 aliphatic heterocycles. The first-order chi connectivity index (χ1) is 10.7. The normalized spacial score (nSPS) is 15.4. The Bertz CT molecular complexity index is 681. The summed E-state index contributed by atoms with van der Waals surface area (Å²) in [5.41, 5.74) is 1.84. The Morgan fingerprint density at radius 1 is 1.18 bits per heavy atom. The minimum absolute atomic E-state index is 0.0738. The maximum absolute atomic E-state index is 12.0. The molecule has 2 aromatic carbocycles. The van der Waals surface area contributed by atoms with Crippen LogP contribution in [-0.4, -0.2) is 12.4 Å². The Labute approximate surface area is 132 Å². The summed E-state index contributed by atoms with van der Waals surface area (Å²) in [6, 6.07) is 10.2. The molecule has 1 aliphatic carbocycles. The van der Waals surface area contributed by atoms with E-state index >= 15 is 0 Å². The molecule has 2 heteroatoms. The lowest BCUT2D eigenvalue weighted by molar-refractivity contribution is 0.101. The second-order valence-electron chi connectivity index (χ2n) is 6.46. The highest BCUT2D eigenvalue weighted by molar-refractivity contribution is 6.04. The summed E-state index contributed by atoms with van der Waals surface area (Å²) in [5.74, 6) is 1.65. The summed E-state index contributed by atoms with van der Waals surface area (Å²) < 4.78 is 6.11. The molecule has 0 saturated heterocycles. The minimum atomic E-state index is 0.0738. The van der Waals surface area contributed by atoms with Crippen LogP contribution in [0, 0.1) is 12.8 Å². The van der Waals surface area contributed by atoms with Crippen LogP contribution in [0.4, 0.5) is 0 Å². The highest BCUT2D eigenvalue weighted by Crippen LogP contribution is 2.34. The molecule has 0 unspecified atom stereocenters. The van der Waals surface area contributed by atoms with Crippen LogP contribution in [0.2, 0.25) is 0 Å². The number of rotatable bonds is 5. The van der Waals surface area contributed by atoms with Crippen molar-refractivity contribution in [3.63, 3.8) is 0 Å². The smallest absolute Gasteiger partial charge is 0.163 e. The molecular weight excluding hydrogens is 272 g/mol. The van der Waals surface area contributed by atoms with E-state index in [2.05, 4.69) is 19.1 Å². The average Bonchev–Trinajstić information content (AvgIpc) is 3.02. The van der Waals surface area contributed by atoms with Gasteiger partial charge in [0.05, 0.1) is 12.2 Å². The molecule has 1 saturated carbocycles. The summed E-state index contributed by atoms with van der Waals surface area (Å²) >= 11 is 0. The van der Waals surface area contributed by atoms with Crippen LogP contribution in [0.3, 0.4) is 0 Å². The van der Waals surface area contributed by atoms with E-state index in [1.165, 1.54) is 31.1 Å². The van der Waals surface area contributed by atoms with Gasteiger partial charge in [0.15, 0.2) is 5.78 Å². The predicted molar refractivity (Wildman–Crippen MR) is 90.8 cm³/mol. The maximum Gasteiger partial charge on any atom is 0.163 e. The van der Waals surface area contributed by atoms with Crippen LogP contribution < -0.4 is 4.74 Å². The third-order valence-electron chi connectivity index (χ3n) is 4.83. The molecular formula is C20H24O2. The van der Waals surface area contributed by atoms with Crippen molar-refractivity contribution in [2.45, 2.75) is 46.0 Å². The van der Waals surface area contributed by atoms with Crippen molar-refractivity contribution < 1.29 is 9.53 Å². The van der Waals surface area contributed by atoms with Crippen molar-refractivity contribution in [2.75, 3.05) is 6.61 Å². The largest absolute Gasteiger partial charge is 0.492 e. The zero-order valence-electron chi connectivity index (χ0n) is 13.5. The summed E-state index contributed by atoms with van der Waals surface area (Å²) in [6.07, 6.45) is 6.47. The van der Waals surface area contributed by atoms with Crippen LogP contribution in [0.15, 0.2) is 30.3 Å². The van der Waals surface area contributed by atoms with Gasteiger partial charge in [0.1, 0.15) is 5.75 Å². The number of benzene rings is 2. The minimum Gasteiger partial charge on any atom is -0.492 e. The van der Waals surface area contributed by atoms with Crippen LogP contribution >= 0.6 is 0 Å². The van der Waals surface area contributed by atoms with Crippen LogP contribution in [-0.2, 0) is 0 Å². The van der Waals surface area contributed by atoms with Crippen molar-refractivity contribution >= 4 is 16.6 Å². The van der Waals surface area contributed by atoms with Gasteiger partial charge in [-0.2, -0.15) is 0 Å². The fraction of sp³-hybridized carbons (Fsp3) is 0.450.